The van der Waals surface area contributed by atoms with Crippen molar-refractivity contribution in [3.8, 4) is 11.5 Å². The van der Waals surface area contributed by atoms with Gasteiger partial charge < -0.3 is 19.8 Å². The largest absolute Gasteiger partial charge is 0.508 e. The minimum atomic E-state index is -0.505. The molecular weight excluding hydrogens is 274 g/mol. The van der Waals surface area contributed by atoms with E-state index in [0.29, 0.717) is 0 Å². The molecule has 1 aromatic carbocycles. The van der Waals surface area contributed by atoms with Crippen LogP contribution in [-0.4, -0.2) is 46.7 Å². The third-order valence-electron chi connectivity index (χ3n) is 3.76. The van der Waals surface area contributed by atoms with Crippen LogP contribution in [0.4, 0.5) is 0 Å². The molecule has 0 aliphatic heterocycles. The first kappa shape index (κ1) is 15.2. The van der Waals surface area contributed by atoms with Gasteiger partial charge in [0, 0.05) is 6.04 Å². The van der Waals surface area contributed by atoms with Crippen molar-refractivity contribution < 1.29 is 24.5 Å². The van der Waals surface area contributed by atoms with E-state index in [4.69, 9.17) is 0 Å². The Morgan fingerprint density at radius 2 is 1.95 bits per heavy atom. The Labute approximate surface area is 122 Å². The summed E-state index contributed by atoms with van der Waals surface area (Å²) in [7, 11) is 1.27. The van der Waals surface area contributed by atoms with Crippen LogP contribution in [0.3, 0.4) is 0 Å². The number of hydrogen-bond donors (Lipinski definition) is 2. The lowest BCUT2D eigenvalue weighted by atomic mass is 10.1. The number of esters is 1. The minimum absolute atomic E-state index is 0.00852. The third-order valence-corrected chi connectivity index (χ3v) is 3.76. The molecule has 1 aliphatic carbocycles. The van der Waals surface area contributed by atoms with Crippen LogP contribution in [0.2, 0.25) is 0 Å². The second kappa shape index (κ2) is 6.47. The lowest BCUT2D eigenvalue weighted by Gasteiger charge is -2.28. The first-order valence-electron chi connectivity index (χ1n) is 6.92. The van der Waals surface area contributed by atoms with E-state index < -0.39 is 11.9 Å². The molecule has 6 nitrogen and oxygen atoms in total. The highest BCUT2D eigenvalue weighted by Crippen LogP contribution is 2.28. The Balaban J connectivity index is 2.28. The molecule has 6 heteroatoms. The molecule has 1 saturated carbocycles. The van der Waals surface area contributed by atoms with Crippen LogP contribution >= 0.6 is 0 Å². The summed E-state index contributed by atoms with van der Waals surface area (Å²) in [5.74, 6) is -1.30. The lowest BCUT2D eigenvalue weighted by molar-refractivity contribution is -0.141. The van der Waals surface area contributed by atoms with Crippen molar-refractivity contribution in [1.29, 1.82) is 0 Å². The molecule has 0 heterocycles. The van der Waals surface area contributed by atoms with Gasteiger partial charge in [-0.3, -0.25) is 9.59 Å². The molecule has 21 heavy (non-hydrogen) atoms. The second-order valence-electron chi connectivity index (χ2n) is 5.15. The first-order valence-corrected chi connectivity index (χ1v) is 6.92. The molecule has 2 N–H and O–H groups in total. The first-order chi connectivity index (χ1) is 10.0. The summed E-state index contributed by atoms with van der Waals surface area (Å²) >= 11 is 0. The Morgan fingerprint density at radius 3 is 2.57 bits per heavy atom. The Morgan fingerprint density at radius 1 is 1.29 bits per heavy atom. The summed E-state index contributed by atoms with van der Waals surface area (Å²) in [6.45, 7) is -0.158. The highest BCUT2D eigenvalue weighted by Gasteiger charge is 2.30. The van der Waals surface area contributed by atoms with Crippen LogP contribution in [0.5, 0.6) is 11.5 Å². The number of ether oxygens (including phenoxy) is 1. The summed E-state index contributed by atoms with van der Waals surface area (Å²) < 4.78 is 4.64. The van der Waals surface area contributed by atoms with Gasteiger partial charge in [-0.15, -0.1) is 0 Å². The van der Waals surface area contributed by atoms with Crippen LogP contribution in [-0.2, 0) is 9.53 Å². The van der Waals surface area contributed by atoms with Gasteiger partial charge in [-0.25, -0.2) is 0 Å². The van der Waals surface area contributed by atoms with E-state index in [1.807, 2.05) is 0 Å². The summed E-state index contributed by atoms with van der Waals surface area (Å²) in [5, 5.41) is 19.3. The van der Waals surface area contributed by atoms with Crippen molar-refractivity contribution in [2.75, 3.05) is 13.7 Å². The molecule has 1 aliphatic rings. The Bertz CT molecular complexity index is 537. The molecule has 0 radical (unpaired) electrons. The maximum absolute atomic E-state index is 12.6. The average molecular weight is 293 g/mol. The van der Waals surface area contributed by atoms with E-state index in [9.17, 15) is 19.8 Å². The summed E-state index contributed by atoms with van der Waals surface area (Å²) in [4.78, 5) is 25.6. The summed E-state index contributed by atoms with van der Waals surface area (Å²) in [5.41, 5.74) is -0.00852. The summed E-state index contributed by atoms with van der Waals surface area (Å²) in [6.07, 6.45) is 3.65. The van der Waals surface area contributed by atoms with Crippen LogP contribution in [0, 0.1) is 0 Å². The average Bonchev–Trinajstić information content (AvgIpc) is 3.00. The van der Waals surface area contributed by atoms with Gasteiger partial charge in [-0.2, -0.15) is 0 Å². The number of amides is 1. The quantitative estimate of drug-likeness (QED) is 0.651. The number of phenolic OH excluding ortho intramolecular Hbond substituents is 2. The van der Waals surface area contributed by atoms with Gasteiger partial charge >= 0.3 is 5.97 Å². The zero-order valence-corrected chi connectivity index (χ0v) is 11.9. The molecule has 0 atom stereocenters. The number of phenols is 2. The predicted molar refractivity (Wildman–Crippen MR) is 75.1 cm³/mol. The van der Waals surface area contributed by atoms with Gasteiger partial charge in [0.25, 0.3) is 5.91 Å². The zero-order valence-electron chi connectivity index (χ0n) is 11.9. The van der Waals surface area contributed by atoms with Gasteiger partial charge in [0.15, 0.2) is 0 Å². The topological polar surface area (TPSA) is 87.1 Å². The number of methoxy groups -OCH3 is 1. The maximum atomic E-state index is 12.6. The molecule has 0 aromatic heterocycles. The lowest BCUT2D eigenvalue weighted by Crippen LogP contribution is -2.42. The predicted octanol–water partition coefficient (Wildman–Crippen LogP) is 1.66. The van der Waals surface area contributed by atoms with Gasteiger partial charge in [0.05, 0.1) is 12.7 Å². The fraction of sp³-hybridized carbons (Fsp3) is 0.467. The molecule has 1 amide bonds. The van der Waals surface area contributed by atoms with Crippen molar-refractivity contribution >= 4 is 11.9 Å². The molecule has 1 fully saturated rings. The van der Waals surface area contributed by atoms with Gasteiger partial charge in [0.2, 0.25) is 0 Å². The molecule has 114 valence electrons. The van der Waals surface area contributed by atoms with Crippen molar-refractivity contribution in [3.05, 3.63) is 23.8 Å². The minimum Gasteiger partial charge on any atom is -0.508 e. The van der Waals surface area contributed by atoms with E-state index in [2.05, 4.69) is 4.74 Å². The molecular formula is C15H19NO5. The van der Waals surface area contributed by atoms with E-state index >= 15 is 0 Å². The van der Waals surface area contributed by atoms with Crippen LogP contribution in [0.25, 0.3) is 0 Å². The van der Waals surface area contributed by atoms with E-state index in [0.717, 1.165) is 25.7 Å². The number of aromatic hydroxyl groups is 2. The third kappa shape index (κ3) is 3.45. The van der Waals surface area contributed by atoms with Gasteiger partial charge in [0.1, 0.15) is 18.0 Å². The van der Waals surface area contributed by atoms with Crippen LogP contribution < -0.4 is 0 Å². The van der Waals surface area contributed by atoms with Crippen molar-refractivity contribution in [2.45, 2.75) is 31.7 Å². The number of carbonyl (C=O) groups is 2. The standard InChI is InChI=1S/C15H19NO5/c1-21-14(19)9-16(10-4-2-3-5-10)15(20)12-8-11(17)6-7-13(12)18/h6-8,10,17-18H,2-5,9H2,1H3. The molecule has 0 spiro atoms. The number of carbonyl (C=O) groups excluding carboxylic acids is 2. The van der Waals surface area contributed by atoms with Crippen LogP contribution in [0.15, 0.2) is 18.2 Å². The number of nitrogens with zero attached hydrogens (tertiary/aromatic N) is 1. The zero-order chi connectivity index (χ0) is 15.4. The molecule has 0 unspecified atom stereocenters. The van der Waals surface area contributed by atoms with Crippen molar-refractivity contribution in [1.82, 2.24) is 4.90 Å². The number of rotatable bonds is 4. The fourth-order valence-corrected chi connectivity index (χ4v) is 2.64. The van der Waals surface area contributed by atoms with E-state index in [1.165, 1.54) is 30.2 Å². The normalized spacial score (nSPS) is 14.9. The highest BCUT2D eigenvalue weighted by atomic mass is 16.5. The van der Waals surface area contributed by atoms with Crippen molar-refractivity contribution in [2.24, 2.45) is 0 Å². The van der Waals surface area contributed by atoms with E-state index in [1.54, 1.807) is 0 Å². The molecule has 2 rings (SSSR count). The van der Waals surface area contributed by atoms with E-state index in [-0.39, 0.29) is 29.6 Å². The smallest absolute Gasteiger partial charge is 0.325 e. The summed E-state index contributed by atoms with van der Waals surface area (Å²) in [6, 6.07) is 3.72. The molecule has 1 aromatic rings. The van der Waals surface area contributed by atoms with Crippen LogP contribution in [0.1, 0.15) is 36.0 Å². The Kier molecular flexibility index (Phi) is 4.67. The Hall–Kier alpha value is -2.24. The molecule has 0 saturated heterocycles. The number of hydrogen-bond acceptors (Lipinski definition) is 5. The highest BCUT2D eigenvalue weighted by molar-refractivity contribution is 5.98. The van der Waals surface area contributed by atoms with Crippen molar-refractivity contribution in [3.63, 3.8) is 0 Å². The van der Waals surface area contributed by atoms with Gasteiger partial charge in [-0.05, 0) is 31.0 Å². The fourth-order valence-electron chi connectivity index (χ4n) is 2.64. The molecule has 0 bridgehead atoms. The van der Waals surface area contributed by atoms with Gasteiger partial charge in [-0.1, -0.05) is 12.8 Å². The number of benzene rings is 1. The second-order valence-corrected chi connectivity index (χ2v) is 5.15. The maximum Gasteiger partial charge on any atom is 0.325 e. The SMILES string of the molecule is COC(=O)CN(C(=O)c1cc(O)ccc1O)C1CCCC1. The monoisotopic (exact) mass is 293 g/mol.